The molecule has 6 heteroatoms. The highest BCUT2D eigenvalue weighted by Gasteiger charge is 2.16. The molecule has 0 unspecified atom stereocenters. The zero-order valence-corrected chi connectivity index (χ0v) is 9.69. The van der Waals surface area contributed by atoms with Crippen LogP contribution in [0.2, 0.25) is 0 Å². The minimum atomic E-state index is -4.48. The van der Waals surface area contributed by atoms with Gasteiger partial charge in [0.15, 0.2) is 0 Å². The fraction of sp³-hybridized carbons (Fsp3) is 0.0909. The van der Waals surface area contributed by atoms with Gasteiger partial charge in [0.1, 0.15) is 16.4 Å². The summed E-state index contributed by atoms with van der Waals surface area (Å²) in [5.74, 6) is -0.505. The fourth-order valence-electron chi connectivity index (χ4n) is 1.63. The van der Waals surface area contributed by atoms with Crippen molar-refractivity contribution in [3.05, 3.63) is 29.8 Å². The fourth-order valence-corrected chi connectivity index (χ4v) is 2.22. The van der Waals surface area contributed by atoms with Crippen LogP contribution in [0.25, 0.3) is 10.8 Å². The highest BCUT2D eigenvalue weighted by molar-refractivity contribution is 7.86. The van der Waals surface area contributed by atoms with E-state index in [-0.39, 0.29) is 5.75 Å². The van der Waals surface area contributed by atoms with Gasteiger partial charge in [-0.25, -0.2) is 0 Å². The SMILES string of the molecule is Cc1cc2cc(O)c(S(=O)(=O)O)cc2cc1O. The number of benzene rings is 2. The van der Waals surface area contributed by atoms with E-state index in [1.54, 1.807) is 13.0 Å². The first-order valence-electron chi connectivity index (χ1n) is 4.73. The van der Waals surface area contributed by atoms with E-state index in [4.69, 9.17) is 4.55 Å². The lowest BCUT2D eigenvalue weighted by Crippen LogP contribution is -1.98. The average Bonchev–Trinajstić information content (AvgIpc) is 2.18. The van der Waals surface area contributed by atoms with E-state index in [1.807, 2.05) is 0 Å². The Bertz CT molecular complexity index is 703. The maximum atomic E-state index is 11.0. The zero-order valence-electron chi connectivity index (χ0n) is 8.88. The molecular formula is C11H10O5S. The zero-order chi connectivity index (χ0) is 12.8. The smallest absolute Gasteiger partial charge is 0.298 e. The number of hydrogen-bond donors (Lipinski definition) is 3. The maximum Gasteiger partial charge on any atom is 0.298 e. The predicted molar refractivity (Wildman–Crippen MR) is 61.8 cm³/mol. The standard InChI is InChI=1S/C11H10O5S/c1-6-2-7-4-10(13)11(17(14,15)16)5-8(7)3-9(6)12/h2-5,12-13H,1H3,(H,14,15,16). The summed E-state index contributed by atoms with van der Waals surface area (Å²) in [7, 11) is -4.48. The number of hydrogen-bond acceptors (Lipinski definition) is 4. The van der Waals surface area contributed by atoms with Crippen molar-refractivity contribution in [2.45, 2.75) is 11.8 Å². The van der Waals surface area contributed by atoms with Crippen LogP contribution in [0, 0.1) is 6.92 Å². The van der Waals surface area contributed by atoms with Gasteiger partial charge in [-0.05, 0) is 47.5 Å². The summed E-state index contributed by atoms with van der Waals surface area (Å²) in [4.78, 5) is -0.576. The summed E-state index contributed by atoms with van der Waals surface area (Å²) in [6.45, 7) is 1.68. The van der Waals surface area contributed by atoms with Gasteiger partial charge >= 0.3 is 0 Å². The third-order valence-electron chi connectivity index (χ3n) is 2.51. The van der Waals surface area contributed by atoms with Crippen LogP contribution in [-0.4, -0.2) is 23.2 Å². The third-order valence-corrected chi connectivity index (χ3v) is 3.39. The topological polar surface area (TPSA) is 94.8 Å². The summed E-state index contributed by atoms with van der Waals surface area (Å²) in [5.41, 5.74) is 0.608. The number of fused-ring (bicyclic) bond motifs is 1. The van der Waals surface area contributed by atoms with Crippen LogP contribution in [0.3, 0.4) is 0 Å². The van der Waals surface area contributed by atoms with Crippen molar-refractivity contribution in [3.63, 3.8) is 0 Å². The van der Waals surface area contributed by atoms with Gasteiger partial charge < -0.3 is 10.2 Å². The van der Waals surface area contributed by atoms with Crippen LogP contribution in [0.4, 0.5) is 0 Å². The van der Waals surface area contributed by atoms with Gasteiger partial charge in [-0.15, -0.1) is 0 Å². The van der Waals surface area contributed by atoms with Crippen LogP contribution < -0.4 is 0 Å². The van der Waals surface area contributed by atoms with Gasteiger partial charge in [-0.1, -0.05) is 0 Å². The second-order valence-electron chi connectivity index (χ2n) is 3.78. The molecule has 2 rings (SSSR count). The average molecular weight is 254 g/mol. The van der Waals surface area contributed by atoms with Gasteiger partial charge in [0.2, 0.25) is 0 Å². The van der Waals surface area contributed by atoms with Crippen LogP contribution in [0.1, 0.15) is 5.56 Å². The Morgan fingerprint density at radius 3 is 2.06 bits per heavy atom. The first-order chi connectivity index (χ1) is 7.79. The van der Waals surface area contributed by atoms with Crippen LogP contribution in [-0.2, 0) is 10.1 Å². The van der Waals surface area contributed by atoms with Crippen molar-refractivity contribution in [1.82, 2.24) is 0 Å². The van der Waals surface area contributed by atoms with Crippen molar-refractivity contribution in [2.24, 2.45) is 0 Å². The largest absolute Gasteiger partial charge is 0.508 e. The molecule has 2 aromatic carbocycles. The summed E-state index contributed by atoms with van der Waals surface area (Å²) in [6.07, 6.45) is 0. The van der Waals surface area contributed by atoms with E-state index < -0.39 is 20.8 Å². The molecule has 0 bridgehead atoms. The Kier molecular flexibility index (Phi) is 2.48. The molecule has 0 heterocycles. The molecule has 0 saturated heterocycles. The second kappa shape index (κ2) is 3.61. The molecule has 0 aliphatic carbocycles. The highest BCUT2D eigenvalue weighted by atomic mass is 32.2. The molecule has 90 valence electrons. The van der Waals surface area contributed by atoms with Gasteiger partial charge in [-0.2, -0.15) is 8.42 Å². The Morgan fingerprint density at radius 2 is 1.47 bits per heavy atom. The molecule has 3 N–H and O–H groups in total. The van der Waals surface area contributed by atoms with Gasteiger partial charge in [0.05, 0.1) is 0 Å². The Hall–Kier alpha value is -1.79. The Labute approximate surface area is 97.7 Å². The number of phenolic OH excluding ortho intramolecular Hbond substituents is 2. The summed E-state index contributed by atoms with van der Waals surface area (Å²) < 4.78 is 30.9. The van der Waals surface area contributed by atoms with Crippen molar-refractivity contribution in [2.75, 3.05) is 0 Å². The third kappa shape index (κ3) is 2.04. The van der Waals surface area contributed by atoms with Crippen LogP contribution in [0.15, 0.2) is 29.2 Å². The lowest BCUT2D eigenvalue weighted by molar-refractivity contribution is 0.444. The predicted octanol–water partition coefficient (Wildman–Crippen LogP) is 1.81. The monoisotopic (exact) mass is 254 g/mol. The Morgan fingerprint density at radius 1 is 0.941 bits per heavy atom. The second-order valence-corrected chi connectivity index (χ2v) is 5.17. The van der Waals surface area contributed by atoms with Gasteiger partial charge in [0, 0.05) is 0 Å². The first-order valence-corrected chi connectivity index (χ1v) is 6.17. The van der Waals surface area contributed by atoms with E-state index in [0.717, 1.165) is 6.07 Å². The van der Waals surface area contributed by atoms with E-state index in [9.17, 15) is 18.6 Å². The minimum absolute atomic E-state index is 0.0180. The number of phenols is 2. The molecule has 0 amide bonds. The summed E-state index contributed by atoms with van der Waals surface area (Å²) >= 11 is 0. The van der Waals surface area contributed by atoms with Crippen molar-refractivity contribution < 1.29 is 23.2 Å². The van der Waals surface area contributed by atoms with Crippen molar-refractivity contribution in [3.8, 4) is 11.5 Å². The number of aryl methyl sites for hydroxylation is 1. The normalized spacial score (nSPS) is 11.9. The molecule has 0 aliphatic rings. The number of rotatable bonds is 1. The molecule has 0 atom stereocenters. The molecule has 5 nitrogen and oxygen atoms in total. The minimum Gasteiger partial charge on any atom is -0.508 e. The first kappa shape index (κ1) is 11.7. The Balaban J connectivity index is 2.86. The highest BCUT2D eigenvalue weighted by Crippen LogP contribution is 2.31. The molecule has 0 radical (unpaired) electrons. The molecule has 0 aliphatic heterocycles. The van der Waals surface area contributed by atoms with Crippen LogP contribution in [0.5, 0.6) is 11.5 Å². The summed E-state index contributed by atoms with van der Waals surface area (Å²) in [6, 6.07) is 5.32. The summed E-state index contributed by atoms with van der Waals surface area (Å²) in [5, 5.41) is 20.0. The van der Waals surface area contributed by atoms with E-state index in [1.165, 1.54) is 12.1 Å². The van der Waals surface area contributed by atoms with E-state index in [2.05, 4.69) is 0 Å². The molecule has 0 saturated carbocycles. The van der Waals surface area contributed by atoms with Crippen molar-refractivity contribution in [1.29, 1.82) is 0 Å². The van der Waals surface area contributed by atoms with Gasteiger partial charge in [-0.3, -0.25) is 4.55 Å². The van der Waals surface area contributed by atoms with E-state index >= 15 is 0 Å². The molecule has 0 spiro atoms. The quantitative estimate of drug-likeness (QED) is 0.674. The molecular weight excluding hydrogens is 244 g/mol. The maximum absolute atomic E-state index is 11.0. The molecule has 0 fully saturated rings. The number of aromatic hydroxyl groups is 2. The van der Waals surface area contributed by atoms with Gasteiger partial charge in [0.25, 0.3) is 10.1 Å². The van der Waals surface area contributed by atoms with E-state index in [0.29, 0.717) is 16.3 Å². The molecule has 0 aromatic heterocycles. The molecule has 17 heavy (non-hydrogen) atoms. The lowest BCUT2D eigenvalue weighted by atomic mass is 10.1. The van der Waals surface area contributed by atoms with Crippen LogP contribution >= 0.6 is 0 Å². The van der Waals surface area contributed by atoms with Crippen molar-refractivity contribution >= 4 is 20.9 Å². The lowest BCUT2D eigenvalue weighted by Gasteiger charge is -2.06. The molecule has 2 aromatic rings.